The summed E-state index contributed by atoms with van der Waals surface area (Å²) in [6, 6.07) is 8.89. The molecule has 1 aromatic rings. The molecule has 0 aromatic heterocycles. The molecule has 0 spiro atoms. The van der Waals surface area contributed by atoms with E-state index in [1.165, 1.54) is 16.0 Å². The molecule has 1 unspecified atom stereocenters. The minimum absolute atomic E-state index is 0.0565. The molecule has 1 fully saturated rings. The van der Waals surface area contributed by atoms with Gasteiger partial charge in [-0.3, -0.25) is 4.79 Å². The van der Waals surface area contributed by atoms with Gasteiger partial charge in [0.05, 0.1) is 5.75 Å². The van der Waals surface area contributed by atoms with Gasteiger partial charge in [-0.2, -0.15) is 0 Å². The zero-order chi connectivity index (χ0) is 22.4. The third-order valence-corrected chi connectivity index (χ3v) is 7.99. The Hall–Kier alpha value is -2.13. The second kappa shape index (κ2) is 10.5. The van der Waals surface area contributed by atoms with Crippen molar-refractivity contribution in [1.29, 1.82) is 0 Å². The molecule has 1 atom stereocenters. The fourth-order valence-electron chi connectivity index (χ4n) is 4.09. The molecule has 9 heteroatoms. The Bertz CT molecular complexity index is 892. The lowest BCUT2D eigenvalue weighted by Crippen LogP contribution is -2.52. The molecule has 0 bridgehead atoms. The normalized spacial score (nSPS) is 20.7. The highest BCUT2D eigenvalue weighted by atomic mass is 32.2. The summed E-state index contributed by atoms with van der Waals surface area (Å²) in [5.74, 6) is 0.713. The van der Waals surface area contributed by atoms with E-state index in [1.807, 2.05) is 0 Å². The molecular formula is C22H35N5O3S. The van der Waals surface area contributed by atoms with Crippen LogP contribution in [-0.2, 0) is 27.7 Å². The predicted molar refractivity (Wildman–Crippen MR) is 124 cm³/mol. The summed E-state index contributed by atoms with van der Waals surface area (Å²) >= 11 is 0. The number of carbonyl (C=O) groups is 1. The lowest BCUT2D eigenvalue weighted by Gasteiger charge is -2.33. The van der Waals surface area contributed by atoms with Crippen LogP contribution in [-0.4, -0.2) is 81.1 Å². The lowest BCUT2D eigenvalue weighted by atomic mass is 9.88. The van der Waals surface area contributed by atoms with Crippen LogP contribution in [0.4, 0.5) is 0 Å². The quantitative estimate of drug-likeness (QED) is 0.499. The van der Waals surface area contributed by atoms with E-state index in [-0.39, 0.29) is 30.3 Å². The molecule has 2 aliphatic rings. The number of aliphatic imine (C=N–C) groups is 1. The summed E-state index contributed by atoms with van der Waals surface area (Å²) in [7, 11) is 0.299. The first kappa shape index (κ1) is 23.5. The van der Waals surface area contributed by atoms with E-state index in [4.69, 9.17) is 0 Å². The van der Waals surface area contributed by atoms with E-state index >= 15 is 0 Å². The second-order valence-electron chi connectivity index (χ2n) is 8.52. The molecule has 0 saturated carbocycles. The van der Waals surface area contributed by atoms with Crippen molar-refractivity contribution in [2.45, 2.75) is 51.1 Å². The van der Waals surface area contributed by atoms with Crippen molar-refractivity contribution in [2.75, 3.05) is 39.5 Å². The summed E-state index contributed by atoms with van der Waals surface area (Å²) in [4.78, 5) is 18.1. The van der Waals surface area contributed by atoms with Crippen molar-refractivity contribution in [1.82, 2.24) is 19.8 Å². The largest absolute Gasteiger partial charge is 0.354 e. The maximum atomic E-state index is 12.1. The van der Waals surface area contributed by atoms with Crippen molar-refractivity contribution >= 4 is 21.9 Å². The highest BCUT2D eigenvalue weighted by molar-refractivity contribution is 7.89. The fourth-order valence-corrected chi connectivity index (χ4v) is 5.22. The van der Waals surface area contributed by atoms with Crippen LogP contribution in [0.5, 0.6) is 0 Å². The van der Waals surface area contributed by atoms with Crippen molar-refractivity contribution in [2.24, 2.45) is 4.99 Å². The summed E-state index contributed by atoms with van der Waals surface area (Å²) < 4.78 is 25.8. The number of nitrogens with zero attached hydrogens (tertiary/aromatic N) is 3. The van der Waals surface area contributed by atoms with Crippen LogP contribution < -0.4 is 10.6 Å². The average molecular weight is 450 g/mol. The van der Waals surface area contributed by atoms with Crippen molar-refractivity contribution in [3.63, 3.8) is 0 Å². The number of carbonyl (C=O) groups excluding carboxylic acids is 1. The minimum atomic E-state index is -3.15. The van der Waals surface area contributed by atoms with Crippen LogP contribution in [0.3, 0.4) is 0 Å². The van der Waals surface area contributed by atoms with E-state index in [9.17, 15) is 13.2 Å². The number of sulfonamides is 1. The Morgan fingerprint density at radius 2 is 1.74 bits per heavy atom. The summed E-state index contributed by atoms with van der Waals surface area (Å²) in [5.41, 5.74) is 2.76. The summed E-state index contributed by atoms with van der Waals surface area (Å²) in [6.07, 6.45) is 4.38. The van der Waals surface area contributed by atoms with Gasteiger partial charge < -0.3 is 15.5 Å². The van der Waals surface area contributed by atoms with Gasteiger partial charge in [-0.05, 0) is 50.2 Å². The first-order valence-electron chi connectivity index (χ1n) is 11.1. The van der Waals surface area contributed by atoms with Crippen LogP contribution in [0.1, 0.15) is 37.3 Å². The Morgan fingerprint density at radius 1 is 1.10 bits per heavy atom. The number of nitrogens with one attached hydrogen (secondary N) is 2. The number of aryl methyl sites for hydroxylation is 1. The number of rotatable bonds is 6. The number of hydrogen-bond acceptors (Lipinski definition) is 4. The molecule has 1 aliphatic carbocycles. The van der Waals surface area contributed by atoms with E-state index < -0.39 is 10.0 Å². The molecule has 31 heavy (non-hydrogen) atoms. The maximum absolute atomic E-state index is 12.1. The predicted octanol–water partition coefficient (Wildman–Crippen LogP) is 0.981. The molecule has 1 saturated heterocycles. The number of amides is 1. The molecule has 2 N–H and O–H groups in total. The molecule has 172 valence electrons. The topological polar surface area (TPSA) is 94.1 Å². The van der Waals surface area contributed by atoms with Crippen LogP contribution in [0, 0.1) is 0 Å². The second-order valence-corrected chi connectivity index (χ2v) is 10.8. The van der Waals surface area contributed by atoms with Crippen LogP contribution in [0.15, 0.2) is 29.3 Å². The number of hydrogen-bond donors (Lipinski definition) is 2. The minimum Gasteiger partial charge on any atom is -0.354 e. The SMILES string of the molecule is CCS(=O)(=O)N1CCC(NC(=NCC(=O)N(C)C)NC2CCc3ccccc3C2)CC1. The van der Waals surface area contributed by atoms with Gasteiger partial charge in [0.2, 0.25) is 15.9 Å². The zero-order valence-corrected chi connectivity index (χ0v) is 19.6. The summed E-state index contributed by atoms with van der Waals surface area (Å²) in [5, 5.41) is 6.99. The first-order valence-corrected chi connectivity index (χ1v) is 12.7. The van der Waals surface area contributed by atoms with Gasteiger partial charge in [0, 0.05) is 39.3 Å². The first-order chi connectivity index (χ1) is 14.8. The number of guanidine groups is 1. The van der Waals surface area contributed by atoms with Gasteiger partial charge in [-0.25, -0.2) is 17.7 Å². The summed E-state index contributed by atoms with van der Waals surface area (Å²) in [6.45, 7) is 2.77. The van der Waals surface area contributed by atoms with Crippen LogP contribution in [0.25, 0.3) is 0 Å². The standard InChI is InChI=1S/C22H35N5O3S/c1-4-31(29,30)27-13-11-19(12-14-27)24-22(23-16-21(28)26(2)3)25-20-10-9-17-7-5-6-8-18(17)15-20/h5-8,19-20H,4,9-16H2,1-3H3,(H2,23,24,25). The molecule has 8 nitrogen and oxygen atoms in total. The average Bonchev–Trinajstić information content (AvgIpc) is 2.77. The van der Waals surface area contributed by atoms with E-state index in [0.29, 0.717) is 19.0 Å². The Balaban J connectivity index is 1.63. The zero-order valence-electron chi connectivity index (χ0n) is 18.8. The molecule has 1 aliphatic heterocycles. The Kier molecular flexibility index (Phi) is 7.94. The Morgan fingerprint density at radius 3 is 2.39 bits per heavy atom. The van der Waals surface area contributed by atoms with Gasteiger partial charge in [-0.15, -0.1) is 0 Å². The van der Waals surface area contributed by atoms with E-state index in [2.05, 4.69) is 39.9 Å². The van der Waals surface area contributed by atoms with Gasteiger partial charge in [0.25, 0.3) is 0 Å². The number of fused-ring (bicyclic) bond motifs is 1. The smallest absolute Gasteiger partial charge is 0.243 e. The van der Waals surface area contributed by atoms with Gasteiger partial charge in [-0.1, -0.05) is 24.3 Å². The van der Waals surface area contributed by atoms with Crippen molar-refractivity contribution in [3.8, 4) is 0 Å². The van der Waals surface area contributed by atoms with Crippen LogP contribution >= 0.6 is 0 Å². The number of likely N-dealkylation sites (N-methyl/N-ethyl adjacent to an activating group) is 1. The fraction of sp³-hybridized carbons (Fsp3) is 0.636. The molecule has 1 heterocycles. The van der Waals surface area contributed by atoms with Gasteiger partial charge >= 0.3 is 0 Å². The van der Waals surface area contributed by atoms with E-state index in [0.717, 1.165) is 32.1 Å². The number of benzene rings is 1. The maximum Gasteiger partial charge on any atom is 0.243 e. The van der Waals surface area contributed by atoms with Gasteiger partial charge in [0.1, 0.15) is 6.54 Å². The van der Waals surface area contributed by atoms with E-state index in [1.54, 1.807) is 25.3 Å². The monoisotopic (exact) mass is 449 g/mol. The molecule has 0 radical (unpaired) electrons. The highest BCUT2D eigenvalue weighted by Gasteiger charge is 2.28. The molecule has 1 aromatic carbocycles. The molecule has 3 rings (SSSR count). The molecule has 1 amide bonds. The third kappa shape index (κ3) is 6.43. The highest BCUT2D eigenvalue weighted by Crippen LogP contribution is 2.21. The Labute approximate surface area is 186 Å². The number of piperidine rings is 1. The van der Waals surface area contributed by atoms with Gasteiger partial charge in [0.15, 0.2) is 5.96 Å². The van der Waals surface area contributed by atoms with Crippen molar-refractivity contribution in [3.05, 3.63) is 35.4 Å². The molecular weight excluding hydrogens is 414 g/mol. The van der Waals surface area contributed by atoms with Crippen molar-refractivity contribution < 1.29 is 13.2 Å². The van der Waals surface area contributed by atoms with Crippen LogP contribution in [0.2, 0.25) is 0 Å². The lowest BCUT2D eigenvalue weighted by molar-refractivity contribution is -0.127. The third-order valence-electron chi connectivity index (χ3n) is 6.11.